The Labute approximate surface area is 147 Å². The van der Waals surface area contributed by atoms with Gasteiger partial charge in [0, 0.05) is 35.4 Å². The summed E-state index contributed by atoms with van der Waals surface area (Å²) in [6.45, 7) is 4.45. The molecule has 0 bridgehead atoms. The number of aromatic amines is 1. The molecule has 1 heterocycles. The highest BCUT2D eigenvalue weighted by Gasteiger charge is 2.05. The number of benzene rings is 3. The Balaban J connectivity index is 1.38. The molecule has 0 saturated carbocycles. The van der Waals surface area contributed by atoms with Crippen molar-refractivity contribution >= 4 is 21.8 Å². The van der Waals surface area contributed by atoms with Crippen molar-refractivity contribution < 1.29 is 4.74 Å². The summed E-state index contributed by atoms with van der Waals surface area (Å²) in [4.78, 5) is 3.49. The third-order valence-corrected chi connectivity index (χ3v) is 4.45. The maximum Gasteiger partial charge on any atom is 0.121 e. The highest BCUT2D eigenvalue weighted by atomic mass is 16.5. The van der Waals surface area contributed by atoms with Crippen LogP contribution in [0.4, 0.5) is 0 Å². The maximum absolute atomic E-state index is 5.89. The number of hydrogen-bond acceptors (Lipinski definition) is 2. The van der Waals surface area contributed by atoms with Crippen LogP contribution in [0.1, 0.15) is 11.1 Å². The lowest BCUT2D eigenvalue weighted by molar-refractivity contribution is 0.314. The maximum atomic E-state index is 5.89. The third-order valence-electron chi connectivity index (χ3n) is 4.45. The summed E-state index contributed by atoms with van der Waals surface area (Å²) in [6, 6.07) is 23.2. The minimum atomic E-state index is 0.650. The molecule has 1 aromatic heterocycles. The van der Waals surface area contributed by atoms with Gasteiger partial charge in [0.1, 0.15) is 12.4 Å². The molecule has 3 heteroatoms. The van der Waals surface area contributed by atoms with Gasteiger partial charge in [-0.3, -0.25) is 0 Å². The predicted molar refractivity (Wildman–Crippen MR) is 104 cm³/mol. The molecule has 0 radical (unpaired) electrons. The fraction of sp³-hybridized carbons (Fsp3) is 0.182. The summed E-state index contributed by atoms with van der Waals surface area (Å²) in [5, 5.41) is 5.91. The first-order chi connectivity index (χ1) is 12.3. The lowest BCUT2D eigenvalue weighted by atomic mass is 10.1. The second kappa shape index (κ2) is 6.99. The summed E-state index contributed by atoms with van der Waals surface area (Å²) in [5.41, 5.74) is 4.85. The standard InChI is InChI=1S/C22H22N2O/c1-16-7-9-19-20-10-8-18(14-22(20)24-21(19)13-16)25-12-11-23-15-17-5-3-2-4-6-17/h2-10,13-14,23-24H,11-12,15H2,1H3. The summed E-state index contributed by atoms with van der Waals surface area (Å²) < 4.78 is 5.89. The van der Waals surface area contributed by atoms with E-state index in [1.807, 2.05) is 12.1 Å². The number of aryl methyl sites for hydroxylation is 1. The van der Waals surface area contributed by atoms with Gasteiger partial charge in [-0.2, -0.15) is 0 Å². The molecule has 0 unspecified atom stereocenters. The van der Waals surface area contributed by atoms with Crippen molar-refractivity contribution in [2.45, 2.75) is 13.5 Å². The zero-order valence-electron chi connectivity index (χ0n) is 14.4. The van der Waals surface area contributed by atoms with Crippen molar-refractivity contribution in [3.8, 4) is 5.75 Å². The molecule has 0 saturated heterocycles. The van der Waals surface area contributed by atoms with Crippen LogP contribution in [0, 0.1) is 6.92 Å². The minimum Gasteiger partial charge on any atom is -0.492 e. The van der Waals surface area contributed by atoms with Gasteiger partial charge >= 0.3 is 0 Å². The van der Waals surface area contributed by atoms with Crippen LogP contribution >= 0.6 is 0 Å². The largest absolute Gasteiger partial charge is 0.492 e. The molecule has 2 N–H and O–H groups in total. The average molecular weight is 330 g/mol. The molecule has 25 heavy (non-hydrogen) atoms. The van der Waals surface area contributed by atoms with Gasteiger partial charge in [0.15, 0.2) is 0 Å². The predicted octanol–water partition coefficient (Wildman–Crippen LogP) is 4.80. The van der Waals surface area contributed by atoms with Crippen molar-refractivity contribution in [2.75, 3.05) is 13.2 Å². The summed E-state index contributed by atoms with van der Waals surface area (Å²) >= 11 is 0. The highest BCUT2D eigenvalue weighted by Crippen LogP contribution is 2.28. The van der Waals surface area contributed by atoms with Crippen LogP contribution in [0.3, 0.4) is 0 Å². The van der Waals surface area contributed by atoms with Crippen LogP contribution in [-0.2, 0) is 6.54 Å². The Morgan fingerprint density at radius 3 is 2.48 bits per heavy atom. The van der Waals surface area contributed by atoms with E-state index >= 15 is 0 Å². The van der Waals surface area contributed by atoms with Crippen LogP contribution in [0.15, 0.2) is 66.7 Å². The molecule has 126 valence electrons. The molecule has 0 aliphatic rings. The molecular weight excluding hydrogens is 308 g/mol. The number of H-pyrrole nitrogens is 1. The van der Waals surface area contributed by atoms with Gasteiger partial charge in [-0.05, 0) is 36.2 Å². The molecule has 3 nitrogen and oxygen atoms in total. The number of nitrogens with one attached hydrogen (secondary N) is 2. The number of ether oxygens (including phenoxy) is 1. The zero-order chi connectivity index (χ0) is 17.1. The van der Waals surface area contributed by atoms with Gasteiger partial charge in [0.25, 0.3) is 0 Å². The zero-order valence-corrected chi connectivity index (χ0v) is 14.4. The molecule has 0 aliphatic carbocycles. The van der Waals surface area contributed by atoms with Crippen molar-refractivity contribution in [3.05, 3.63) is 77.9 Å². The first-order valence-corrected chi connectivity index (χ1v) is 8.69. The van der Waals surface area contributed by atoms with Crippen molar-refractivity contribution in [1.82, 2.24) is 10.3 Å². The Morgan fingerprint density at radius 2 is 1.64 bits per heavy atom. The first-order valence-electron chi connectivity index (χ1n) is 8.69. The molecule has 3 aromatic carbocycles. The lowest BCUT2D eigenvalue weighted by Gasteiger charge is -2.08. The van der Waals surface area contributed by atoms with Gasteiger partial charge < -0.3 is 15.0 Å². The molecular formula is C22H22N2O. The number of fused-ring (bicyclic) bond motifs is 3. The van der Waals surface area contributed by atoms with E-state index in [4.69, 9.17) is 4.74 Å². The van der Waals surface area contributed by atoms with Crippen molar-refractivity contribution in [2.24, 2.45) is 0 Å². The second-order valence-corrected chi connectivity index (χ2v) is 6.39. The summed E-state index contributed by atoms with van der Waals surface area (Å²) in [7, 11) is 0. The van der Waals surface area contributed by atoms with Gasteiger partial charge in [0.2, 0.25) is 0 Å². The molecule has 4 rings (SSSR count). The van der Waals surface area contributed by atoms with Crippen LogP contribution in [-0.4, -0.2) is 18.1 Å². The third kappa shape index (κ3) is 3.52. The van der Waals surface area contributed by atoms with E-state index in [-0.39, 0.29) is 0 Å². The van der Waals surface area contributed by atoms with Gasteiger partial charge in [-0.15, -0.1) is 0 Å². The van der Waals surface area contributed by atoms with Crippen LogP contribution in [0.25, 0.3) is 21.8 Å². The molecule has 0 spiro atoms. The number of hydrogen-bond donors (Lipinski definition) is 2. The van der Waals surface area contributed by atoms with E-state index in [0.717, 1.165) is 24.4 Å². The monoisotopic (exact) mass is 330 g/mol. The Hall–Kier alpha value is -2.78. The molecule has 0 fully saturated rings. The Bertz CT molecular complexity index is 989. The van der Waals surface area contributed by atoms with E-state index in [2.05, 4.69) is 71.8 Å². The average Bonchev–Trinajstić information content (AvgIpc) is 2.98. The Morgan fingerprint density at radius 1 is 0.880 bits per heavy atom. The Kier molecular flexibility index (Phi) is 4.40. The fourth-order valence-electron chi connectivity index (χ4n) is 3.16. The summed E-state index contributed by atoms with van der Waals surface area (Å²) in [5.74, 6) is 0.900. The van der Waals surface area contributed by atoms with Gasteiger partial charge in [0.05, 0.1) is 5.52 Å². The molecule has 0 aliphatic heterocycles. The van der Waals surface area contributed by atoms with Crippen molar-refractivity contribution in [1.29, 1.82) is 0 Å². The van der Waals surface area contributed by atoms with E-state index < -0.39 is 0 Å². The van der Waals surface area contributed by atoms with Crippen LogP contribution in [0.5, 0.6) is 5.75 Å². The summed E-state index contributed by atoms with van der Waals surface area (Å²) in [6.07, 6.45) is 0. The van der Waals surface area contributed by atoms with E-state index in [1.54, 1.807) is 0 Å². The minimum absolute atomic E-state index is 0.650. The van der Waals surface area contributed by atoms with Crippen LogP contribution in [0.2, 0.25) is 0 Å². The number of rotatable bonds is 6. The second-order valence-electron chi connectivity index (χ2n) is 6.39. The van der Waals surface area contributed by atoms with Gasteiger partial charge in [-0.1, -0.05) is 42.5 Å². The molecule has 4 aromatic rings. The lowest BCUT2D eigenvalue weighted by Crippen LogP contribution is -2.20. The first kappa shape index (κ1) is 15.7. The van der Waals surface area contributed by atoms with Crippen molar-refractivity contribution in [3.63, 3.8) is 0 Å². The van der Waals surface area contributed by atoms with Crippen LogP contribution < -0.4 is 10.1 Å². The smallest absolute Gasteiger partial charge is 0.121 e. The molecule has 0 atom stereocenters. The number of aromatic nitrogens is 1. The topological polar surface area (TPSA) is 37.0 Å². The molecule has 0 amide bonds. The normalized spacial score (nSPS) is 11.2. The van der Waals surface area contributed by atoms with E-state index in [9.17, 15) is 0 Å². The van der Waals surface area contributed by atoms with E-state index in [1.165, 1.54) is 27.4 Å². The SMILES string of the molecule is Cc1ccc2c(c1)[nH]c1cc(OCCNCc3ccccc3)ccc12. The fourth-order valence-corrected chi connectivity index (χ4v) is 3.16. The van der Waals surface area contributed by atoms with Gasteiger partial charge in [-0.25, -0.2) is 0 Å². The highest BCUT2D eigenvalue weighted by molar-refractivity contribution is 6.07. The quantitative estimate of drug-likeness (QED) is 0.498. The van der Waals surface area contributed by atoms with E-state index in [0.29, 0.717) is 6.61 Å².